The minimum atomic E-state index is -0.817. The first kappa shape index (κ1) is 14.0. The van der Waals surface area contributed by atoms with Crippen LogP contribution in [-0.4, -0.2) is 36.2 Å². The normalized spacial score (nSPS) is 10.2. The van der Waals surface area contributed by atoms with Crippen LogP contribution in [0.3, 0.4) is 0 Å². The highest BCUT2D eigenvalue weighted by molar-refractivity contribution is 5.88. The summed E-state index contributed by atoms with van der Waals surface area (Å²) in [6.07, 6.45) is 0.591. The summed E-state index contributed by atoms with van der Waals surface area (Å²) in [7, 11) is 3.43. The molecule has 0 aliphatic carbocycles. The third kappa shape index (κ3) is 5.31. The van der Waals surface area contributed by atoms with Gasteiger partial charge in [0.2, 0.25) is 0 Å². The highest BCUT2D eigenvalue weighted by atomic mass is 16.4. The Bertz CT molecular complexity index is 415. The van der Waals surface area contributed by atoms with Crippen LogP contribution in [0, 0.1) is 0 Å². The van der Waals surface area contributed by atoms with Crippen LogP contribution in [0.15, 0.2) is 24.3 Å². The van der Waals surface area contributed by atoms with Gasteiger partial charge in [0.15, 0.2) is 0 Å². The van der Waals surface area contributed by atoms with Gasteiger partial charge < -0.3 is 10.4 Å². The Morgan fingerprint density at radius 2 is 1.83 bits per heavy atom. The third-order valence-electron chi connectivity index (χ3n) is 2.16. The number of hydrogen-bond acceptors (Lipinski definition) is 3. The number of carbonyl (C=O) groups is 2. The lowest BCUT2D eigenvalue weighted by Crippen LogP contribution is -2.39. The molecule has 2 amide bonds. The molecule has 0 fully saturated rings. The molecule has 0 aliphatic rings. The molecular formula is C12H17N3O3. The van der Waals surface area contributed by atoms with E-state index in [1.54, 1.807) is 38.4 Å². The van der Waals surface area contributed by atoms with Gasteiger partial charge in [0, 0.05) is 26.2 Å². The first-order chi connectivity index (χ1) is 8.47. The highest BCUT2D eigenvalue weighted by Gasteiger charge is 2.03. The number of amides is 2. The van der Waals surface area contributed by atoms with Crippen molar-refractivity contribution in [3.8, 4) is 0 Å². The summed E-state index contributed by atoms with van der Waals surface area (Å²) in [4.78, 5) is 21.8. The van der Waals surface area contributed by atoms with E-state index in [4.69, 9.17) is 5.11 Å². The van der Waals surface area contributed by atoms with Crippen LogP contribution in [0.5, 0.6) is 0 Å². The van der Waals surface area contributed by atoms with Crippen molar-refractivity contribution >= 4 is 17.7 Å². The van der Waals surface area contributed by atoms with Crippen molar-refractivity contribution in [2.45, 2.75) is 12.8 Å². The van der Waals surface area contributed by atoms with E-state index in [9.17, 15) is 9.59 Å². The van der Waals surface area contributed by atoms with Gasteiger partial charge in [0.1, 0.15) is 0 Å². The number of nitrogens with zero attached hydrogens (tertiary/aromatic N) is 1. The number of carbonyl (C=O) groups excluding carboxylic acids is 1. The van der Waals surface area contributed by atoms with Crippen LogP contribution in [0.2, 0.25) is 0 Å². The summed E-state index contributed by atoms with van der Waals surface area (Å²) in [6.45, 7) is 0. The molecule has 6 nitrogen and oxygen atoms in total. The molecule has 0 heterocycles. The molecule has 6 heteroatoms. The number of urea groups is 1. The zero-order chi connectivity index (χ0) is 13.5. The first-order valence-corrected chi connectivity index (χ1v) is 5.53. The molecule has 3 N–H and O–H groups in total. The SMILES string of the molecule is CN(C)NC(=O)Nc1ccc(CCC(=O)O)cc1. The van der Waals surface area contributed by atoms with Gasteiger partial charge in [-0.3, -0.25) is 10.2 Å². The maximum atomic E-state index is 11.4. The van der Waals surface area contributed by atoms with E-state index in [0.717, 1.165) is 5.56 Å². The number of nitrogens with one attached hydrogen (secondary N) is 2. The molecule has 0 radical (unpaired) electrons. The molecule has 1 aromatic rings. The molecule has 0 bridgehead atoms. The summed E-state index contributed by atoms with van der Waals surface area (Å²) in [5.74, 6) is -0.817. The maximum Gasteiger partial charge on any atom is 0.333 e. The molecule has 98 valence electrons. The highest BCUT2D eigenvalue weighted by Crippen LogP contribution is 2.10. The summed E-state index contributed by atoms with van der Waals surface area (Å²) >= 11 is 0. The minimum absolute atomic E-state index is 0.105. The van der Waals surface area contributed by atoms with E-state index in [1.807, 2.05) is 0 Å². The molecule has 0 spiro atoms. The molecule has 1 rings (SSSR count). The van der Waals surface area contributed by atoms with Crippen LogP contribution in [0.4, 0.5) is 10.5 Å². The average molecular weight is 251 g/mol. The lowest BCUT2D eigenvalue weighted by molar-refractivity contribution is -0.136. The van der Waals surface area contributed by atoms with Gasteiger partial charge in [-0.1, -0.05) is 12.1 Å². The molecule has 0 saturated carbocycles. The van der Waals surface area contributed by atoms with Gasteiger partial charge in [-0.25, -0.2) is 9.80 Å². The first-order valence-electron chi connectivity index (χ1n) is 5.53. The van der Waals surface area contributed by atoms with Crippen molar-refractivity contribution in [3.05, 3.63) is 29.8 Å². The van der Waals surface area contributed by atoms with Gasteiger partial charge in [-0.15, -0.1) is 0 Å². The molecule has 1 aromatic carbocycles. The van der Waals surface area contributed by atoms with E-state index >= 15 is 0 Å². The zero-order valence-electron chi connectivity index (χ0n) is 10.4. The molecule has 0 unspecified atom stereocenters. The number of aliphatic carboxylic acids is 1. The third-order valence-corrected chi connectivity index (χ3v) is 2.16. The van der Waals surface area contributed by atoms with Gasteiger partial charge in [-0.2, -0.15) is 0 Å². The van der Waals surface area contributed by atoms with Gasteiger partial charge in [0.05, 0.1) is 0 Å². The van der Waals surface area contributed by atoms with Crippen LogP contribution in [0.1, 0.15) is 12.0 Å². The van der Waals surface area contributed by atoms with Crippen molar-refractivity contribution in [1.29, 1.82) is 0 Å². The lowest BCUT2D eigenvalue weighted by atomic mass is 10.1. The number of anilines is 1. The fourth-order valence-corrected chi connectivity index (χ4v) is 1.37. The van der Waals surface area contributed by atoms with Crippen molar-refractivity contribution in [3.63, 3.8) is 0 Å². The van der Waals surface area contributed by atoms with Crippen LogP contribution >= 0.6 is 0 Å². The van der Waals surface area contributed by atoms with Crippen LogP contribution in [-0.2, 0) is 11.2 Å². The smallest absolute Gasteiger partial charge is 0.333 e. The van der Waals surface area contributed by atoms with Gasteiger partial charge in [0.25, 0.3) is 0 Å². The van der Waals surface area contributed by atoms with E-state index < -0.39 is 5.97 Å². The molecule has 0 saturated heterocycles. The summed E-state index contributed by atoms with van der Waals surface area (Å²) < 4.78 is 0. The fourth-order valence-electron chi connectivity index (χ4n) is 1.37. The Labute approximate surface area is 106 Å². The quantitative estimate of drug-likeness (QED) is 0.689. The number of rotatable bonds is 5. The second-order valence-corrected chi connectivity index (χ2v) is 4.05. The number of hydrogen-bond donors (Lipinski definition) is 3. The molecule has 18 heavy (non-hydrogen) atoms. The number of benzene rings is 1. The molecular weight excluding hydrogens is 234 g/mol. The van der Waals surface area contributed by atoms with E-state index in [-0.39, 0.29) is 12.5 Å². The zero-order valence-corrected chi connectivity index (χ0v) is 10.4. The van der Waals surface area contributed by atoms with Crippen molar-refractivity contribution in [2.75, 3.05) is 19.4 Å². The predicted octanol–water partition coefficient (Wildman–Crippen LogP) is 1.30. The maximum absolute atomic E-state index is 11.4. The number of carboxylic acids is 1. The van der Waals surface area contributed by atoms with Crippen molar-refractivity contribution < 1.29 is 14.7 Å². The standard InChI is InChI=1S/C12H17N3O3/c1-15(2)14-12(18)13-10-6-3-9(4-7-10)5-8-11(16)17/h3-4,6-7H,5,8H2,1-2H3,(H,16,17)(H2,13,14,18). The average Bonchev–Trinajstić information content (AvgIpc) is 2.26. The van der Waals surface area contributed by atoms with Crippen molar-refractivity contribution in [1.82, 2.24) is 10.4 Å². The Balaban J connectivity index is 2.49. The van der Waals surface area contributed by atoms with E-state index in [2.05, 4.69) is 10.7 Å². The molecule has 0 aliphatic heterocycles. The van der Waals surface area contributed by atoms with Crippen LogP contribution < -0.4 is 10.7 Å². The van der Waals surface area contributed by atoms with Gasteiger partial charge in [-0.05, 0) is 24.1 Å². The number of carboxylic acid groups (broad SMARTS) is 1. The predicted molar refractivity (Wildman–Crippen MR) is 68.2 cm³/mol. The van der Waals surface area contributed by atoms with Crippen molar-refractivity contribution in [2.24, 2.45) is 0 Å². The van der Waals surface area contributed by atoms with Crippen LogP contribution in [0.25, 0.3) is 0 Å². The minimum Gasteiger partial charge on any atom is -0.481 e. The fraction of sp³-hybridized carbons (Fsp3) is 0.333. The Kier molecular flexibility index (Phi) is 5.13. The Morgan fingerprint density at radius 3 is 2.33 bits per heavy atom. The second-order valence-electron chi connectivity index (χ2n) is 4.05. The number of hydrazine groups is 1. The van der Waals surface area contributed by atoms with E-state index in [1.165, 1.54) is 5.01 Å². The topological polar surface area (TPSA) is 81.7 Å². The summed E-state index contributed by atoms with van der Waals surface area (Å²) in [6, 6.07) is 6.76. The number of aryl methyl sites for hydroxylation is 1. The second kappa shape index (κ2) is 6.61. The van der Waals surface area contributed by atoms with E-state index in [0.29, 0.717) is 12.1 Å². The lowest BCUT2D eigenvalue weighted by Gasteiger charge is -2.12. The largest absolute Gasteiger partial charge is 0.481 e. The Morgan fingerprint density at radius 1 is 1.22 bits per heavy atom. The Hall–Kier alpha value is -2.08. The molecule has 0 atom stereocenters. The summed E-state index contributed by atoms with van der Waals surface area (Å²) in [5.41, 5.74) is 4.14. The summed E-state index contributed by atoms with van der Waals surface area (Å²) in [5, 5.41) is 12.8. The monoisotopic (exact) mass is 251 g/mol. The molecule has 0 aromatic heterocycles. The van der Waals surface area contributed by atoms with Gasteiger partial charge >= 0.3 is 12.0 Å².